The van der Waals surface area contributed by atoms with E-state index in [1.807, 2.05) is 36.4 Å². The van der Waals surface area contributed by atoms with Gasteiger partial charge >= 0.3 is 10.1 Å². The summed E-state index contributed by atoms with van der Waals surface area (Å²) in [6, 6.07) is 14.9. The van der Waals surface area contributed by atoms with Crippen molar-refractivity contribution in [3.05, 3.63) is 48.5 Å². The third kappa shape index (κ3) is 3.97. The van der Waals surface area contributed by atoms with Gasteiger partial charge in [0.2, 0.25) is 0 Å². The second-order valence-electron chi connectivity index (χ2n) is 4.08. The van der Waals surface area contributed by atoms with Crippen LogP contribution in [0.15, 0.2) is 53.7 Å². The molecule has 0 aliphatic heterocycles. The quantitative estimate of drug-likeness (QED) is 0.556. The Labute approximate surface area is 166 Å². The summed E-state index contributed by atoms with van der Waals surface area (Å²) in [5.41, 5.74) is 2.86. The van der Waals surface area contributed by atoms with Gasteiger partial charge in [-0.2, -0.15) is 8.42 Å². The van der Waals surface area contributed by atoms with Crippen molar-refractivity contribution in [1.29, 1.82) is 0 Å². The number of nitrogens with one attached hydrogen (secondary N) is 1. The van der Waals surface area contributed by atoms with Crippen LogP contribution in [0.4, 0.5) is 0 Å². The first kappa shape index (κ1) is 18.9. The van der Waals surface area contributed by atoms with E-state index < -0.39 is 15.3 Å². The fourth-order valence-corrected chi connectivity index (χ4v) is 2.43. The molecule has 1 heterocycles. The van der Waals surface area contributed by atoms with Crippen molar-refractivity contribution in [2.75, 3.05) is 0 Å². The smallest absolute Gasteiger partial charge is 0.326 e. The normalized spacial score (nSPS) is 10.7. The number of imidazole rings is 1. The van der Waals surface area contributed by atoms with Gasteiger partial charge in [0.25, 0.3) is 5.16 Å². The second-order valence-corrected chi connectivity index (χ2v) is 5.42. The molecule has 2 radical (unpaired) electrons. The van der Waals surface area contributed by atoms with Gasteiger partial charge in [0.1, 0.15) is 0 Å². The van der Waals surface area contributed by atoms with Crippen LogP contribution in [0.3, 0.4) is 0 Å². The number of hydrogen-bond donors (Lipinski definition) is 2. The molecule has 5 nitrogen and oxygen atoms in total. The van der Waals surface area contributed by atoms with Crippen LogP contribution in [-0.4, -0.2) is 82.1 Å². The van der Waals surface area contributed by atoms with Gasteiger partial charge in [-0.3, -0.25) is 4.55 Å². The van der Waals surface area contributed by atoms with Crippen LogP contribution in [0.25, 0.3) is 22.2 Å². The number of fused-ring (bicyclic) bond motifs is 1. The molecule has 0 bridgehead atoms. The Morgan fingerprint density at radius 3 is 2.24 bits per heavy atom. The average molecular weight is 320 g/mol. The molecular formula is C13H10N2Na2O3S. The van der Waals surface area contributed by atoms with Crippen molar-refractivity contribution in [3.63, 3.8) is 0 Å². The molecule has 0 saturated heterocycles. The summed E-state index contributed by atoms with van der Waals surface area (Å²) >= 11 is 0. The predicted octanol–water partition coefficient (Wildman–Crippen LogP) is 1.71. The van der Waals surface area contributed by atoms with Crippen LogP contribution in [0.2, 0.25) is 0 Å². The fourth-order valence-electron chi connectivity index (χ4n) is 1.99. The Hall–Kier alpha value is -0.180. The van der Waals surface area contributed by atoms with E-state index in [9.17, 15) is 8.42 Å². The molecule has 0 fully saturated rings. The third-order valence-corrected chi connectivity index (χ3v) is 3.51. The predicted molar refractivity (Wildman–Crippen MR) is 82.9 cm³/mol. The Morgan fingerprint density at radius 2 is 1.62 bits per heavy atom. The molecular weight excluding hydrogens is 310 g/mol. The van der Waals surface area contributed by atoms with Crippen LogP contribution in [0.1, 0.15) is 0 Å². The first-order chi connectivity index (χ1) is 9.05. The van der Waals surface area contributed by atoms with E-state index in [1.165, 1.54) is 0 Å². The van der Waals surface area contributed by atoms with Gasteiger partial charge in [-0.15, -0.1) is 0 Å². The number of rotatable bonds is 2. The summed E-state index contributed by atoms with van der Waals surface area (Å²) in [6.45, 7) is 0. The van der Waals surface area contributed by atoms with Crippen LogP contribution in [0, 0.1) is 0 Å². The number of nitrogens with zero attached hydrogens (tertiary/aromatic N) is 1. The van der Waals surface area contributed by atoms with Crippen LogP contribution >= 0.6 is 0 Å². The Kier molecular flexibility index (Phi) is 6.64. The Morgan fingerprint density at radius 1 is 0.952 bits per heavy atom. The Balaban J connectivity index is 0.00000110. The van der Waals surface area contributed by atoms with Crippen LogP contribution < -0.4 is 0 Å². The molecule has 2 N–H and O–H groups in total. The maximum atomic E-state index is 11.1. The summed E-state index contributed by atoms with van der Waals surface area (Å²) in [5, 5.41) is -0.439. The summed E-state index contributed by atoms with van der Waals surface area (Å²) in [5.74, 6) is 0. The maximum Gasteiger partial charge on any atom is 0.328 e. The third-order valence-electron chi connectivity index (χ3n) is 2.83. The van der Waals surface area contributed by atoms with Crippen molar-refractivity contribution < 1.29 is 13.0 Å². The molecule has 0 spiro atoms. The van der Waals surface area contributed by atoms with E-state index in [-0.39, 0.29) is 59.1 Å². The number of para-hydroxylation sites is 1. The van der Waals surface area contributed by atoms with Crippen LogP contribution in [-0.2, 0) is 10.1 Å². The SMILES string of the molecule is O=S(=O)(O)c1nc2cccc(-c3ccccc3)c2[nH]1.[Na].[Na]. The number of benzene rings is 2. The summed E-state index contributed by atoms with van der Waals surface area (Å²) < 4.78 is 31.3. The fraction of sp³-hybridized carbons (Fsp3) is 0. The van der Waals surface area contributed by atoms with Gasteiger partial charge in [-0.1, -0.05) is 42.5 Å². The second kappa shape index (κ2) is 7.39. The van der Waals surface area contributed by atoms with Gasteiger partial charge in [0.05, 0.1) is 11.0 Å². The number of aromatic amines is 1. The van der Waals surface area contributed by atoms with Gasteiger partial charge in [-0.25, -0.2) is 4.98 Å². The van der Waals surface area contributed by atoms with Crippen molar-refractivity contribution in [2.45, 2.75) is 5.16 Å². The number of hydrogen-bond acceptors (Lipinski definition) is 3. The molecule has 3 rings (SSSR count). The summed E-state index contributed by atoms with van der Waals surface area (Å²) in [7, 11) is -4.33. The van der Waals surface area contributed by atoms with Crippen molar-refractivity contribution in [2.24, 2.45) is 0 Å². The molecule has 0 aliphatic rings. The first-order valence-electron chi connectivity index (χ1n) is 5.57. The number of H-pyrrole nitrogens is 1. The van der Waals surface area contributed by atoms with E-state index in [1.54, 1.807) is 12.1 Å². The first-order valence-corrected chi connectivity index (χ1v) is 7.01. The number of aromatic nitrogens is 2. The summed E-state index contributed by atoms with van der Waals surface area (Å²) in [4.78, 5) is 6.53. The topological polar surface area (TPSA) is 83.1 Å². The minimum absolute atomic E-state index is 0. The van der Waals surface area contributed by atoms with Crippen molar-refractivity contribution >= 4 is 80.3 Å². The molecule has 98 valence electrons. The molecule has 8 heteroatoms. The van der Waals surface area contributed by atoms with E-state index in [2.05, 4.69) is 9.97 Å². The van der Waals surface area contributed by atoms with E-state index >= 15 is 0 Å². The van der Waals surface area contributed by atoms with Gasteiger partial charge in [0, 0.05) is 64.7 Å². The molecule has 0 unspecified atom stereocenters. The summed E-state index contributed by atoms with van der Waals surface area (Å²) in [6.07, 6.45) is 0. The molecule has 0 aliphatic carbocycles. The van der Waals surface area contributed by atoms with E-state index in [0.717, 1.165) is 11.1 Å². The molecule has 0 saturated carbocycles. The van der Waals surface area contributed by atoms with Crippen molar-refractivity contribution in [1.82, 2.24) is 9.97 Å². The zero-order valence-corrected chi connectivity index (χ0v) is 16.6. The molecule has 0 atom stereocenters. The molecule has 2 aromatic carbocycles. The van der Waals surface area contributed by atoms with E-state index in [4.69, 9.17) is 4.55 Å². The largest absolute Gasteiger partial charge is 0.328 e. The minimum Gasteiger partial charge on any atom is -0.326 e. The van der Waals surface area contributed by atoms with Crippen molar-refractivity contribution in [3.8, 4) is 11.1 Å². The molecule has 1 aromatic heterocycles. The zero-order valence-electron chi connectivity index (χ0n) is 11.7. The van der Waals surface area contributed by atoms with Gasteiger partial charge in [-0.05, 0) is 11.6 Å². The minimum atomic E-state index is -4.33. The molecule has 3 aromatic rings. The van der Waals surface area contributed by atoms with E-state index in [0.29, 0.717) is 11.0 Å². The van der Waals surface area contributed by atoms with Gasteiger partial charge in [0.15, 0.2) is 0 Å². The monoisotopic (exact) mass is 320 g/mol. The Bertz CT molecular complexity index is 848. The van der Waals surface area contributed by atoms with Crippen LogP contribution in [0.5, 0.6) is 0 Å². The standard InChI is InChI=1S/C13H10N2O3S.2Na/c16-19(17,18)13-14-11-8-4-7-10(12(11)15-13)9-5-2-1-3-6-9;;/h1-8H,(H,14,15)(H,16,17,18);;. The maximum absolute atomic E-state index is 11.1. The average Bonchev–Trinajstić information content (AvgIpc) is 2.83. The zero-order chi connectivity index (χ0) is 13.5. The van der Waals surface area contributed by atoms with Gasteiger partial charge < -0.3 is 4.98 Å². The molecule has 21 heavy (non-hydrogen) atoms. The molecule has 0 amide bonds.